The zero-order valence-electron chi connectivity index (χ0n) is 21.0. The molecule has 0 aliphatic carbocycles. The molecule has 0 heterocycles. The summed E-state index contributed by atoms with van der Waals surface area (Å²) < 4.78 is 55.3. The minimum absolute atomic E-state index is 0.0569. The fourth-order valence-corrected chi connectivity index (χ4v) is 3.87. The first-order chi connectivity index (χ1) is 17.1. The van der Waals surface area contributed by atoms with Crippen LogP contribution >= 0.6 is 0 Å². The highest BCUT2D eigenvalue weighted by atomic mass is 32.2. The Morgan fingerprint density at radius 3 is 1.71 bits per heavy atom. The van der Waals surface area contributed by atoms with Crippen LogP contribution < -0.4 is 0 Å². The molecule has 10 heteroatoms. The van der Waals surface area contributed by atoms with Gasteiger partial charge >= 0.3 is 5.97 Å². The molecule has 1 rings (SSSR count). The normalized spacial score (nSPS) is 11.6. The van der Waals surface area contributed by atoms with E-state index in [1.54, 1.807) is 18.2 Å². The Balaban J connectivity index is 1.78. The standard InChI is InChI=1S/C25H42O9S/c1-2-3-4-5-6-10-13-25(26)33-22-20-31-18-16-29-14-15-30-17-19-32-21-23-34-35(27,28)24-11-8-7-9-12-24/h7-9,11-12H,2-6,10,13-23H2,1H3. The smallest absolute Gasteiger partial charge is 0.305 e. The molecule has 0 aromatic heterocycles. The molecule has 1 aromatic carbocycles. The fourth-order valence-electron chi connectivity index (χ4n) is 2.96. The van der Waals surface area contributed by atoms with Crippen molar-refractivity contribution in [2.45, 2.75) is 56.8 Å². The van der Waals surface area contributed by atoms with Crippen molar-refractivity contribution in [3.05, 3.63) is 30.3 Å². The SMILES string of the molecule is CCCCCCCCC(=O)OCCOCCOCCOCCOCCOS(=O)(=O)c1ccccc1. The number of rotatable bonds is 24. The maximum atomic E-state index is 11.9. The van der Waals surface area contributed by atoms with E-state index in [1.165, 1.54) is 37.8 Å². The molecule has 202 valence electrons. The largest absolute Gasteiger partial charge is 0.463 e. The highest BCUT2D eigenvalue weighted by Crippen LogP contribution is 2.11. The van der Waals surface area contributed by atoms with Gasteiger partial charge in [0, 0.05) is 6.42 Å². The van der Waals surface area contributed by atoms with Crippen LogP contribution in [0.2, 0.25) is 0 Å². The predicted molar refractivity (Wildman–Crippen MR) is 132 cm³/mol. The van der Waals surface area contributed by atoms with Gasteiger partial charge in [0.1, 0.15) is 6.61 Å². The molecule has 35 heavy (non-hydrogen) atoms. The van der Waals surface area contributed by atoms with Gasteiger partial charge in [-0.1, -0.05) is 57.2 Å². The van der Waals surface area contributed by atoms with Gasteiger partial charge in [-0.2, -0.15) is 8.42 Å². The van der Waals surface area contributed by atoms with Crippen molar-refractivity contribution in [1.82, 2.24) is 0 Å². The number of esters is 1. The number of benzene rings is 1. The lowest BCUT2D eigenvalue weighted by molar-refractivity contribution is -0.145. The van der Waals surface area contributed by atoms with E-state index in [1.807, 2.05) is 0 Å². The summed E-state index contributed by atoms with van der Waals surface area (Å²) in [5.74, 6) is -0.161. The topological polar surface area (TPSA) is 107 Å². The Labute approximate surface area is 210 Å². The van der Waals surface area contributed by atoms with Crippen molar-refractivity contribution in [3.63, 3.8) is 0 Å². The van der Waals surface area contributed by atoms with Gasteiger partial charge in [-0.15, -0.1) is 0 Å². The van der Waals surface area contributed by atoms with E-state index in [9.17, 15) is 13.2 Å². The molecular weight excluding hydrogens is 476 g/mol. The number of unbranched alkanes of at least 4 members (excludes halogenated alkanes) is 5. The van der Waals surface area contributed by atoms with E-state index >= 15 is 0 Å². The number of hydrogen-bond acceptors (Lipinski definition) is 9. The lowest BCUT2D eigenvalue weighted by Gasteiger charge is -2.08. The molecule has 0 saturated heterocycles. The lowest BCUT2D eigenvalue weighted by atomic mass is 10.1. The number of carbonyl (C=O) groups is 1. The van der Waals surface area contributed by atoms with Crippen LogP contribution in [0.5, 0.6) is 0 Å². The summed E-state index contributed by atoms with van der Waals surface area (Å²) in [7, 11) is -3.75. The number of hydrogen-bond donors (Lipinski definition) is 0. The highest BCUT2D eigenvalue weighted by Gasteiger charge is 2.13. The quantitative estimate of drug-likeness (QED) is 0.115. The van der Waals surface area contributed by atoms with Crippen molar-refractivity contribution in [3.8, 4) is 0 Å². The lowest BCUT2D eigenvalue weighted by Crippen LogP contribution is -2.15. The molecule has 9 nitrogen and oxygen atoms in total. The molecule has 0 aliphatic heterocycles. The average Bonchev–Trinajstić information content (AvgIpc) is 2.86. The summed E-state index contributed by atoms with van der Waals surface area (Å²) in [5, 5.41) is 0. The van der Waals surface area contributed by atoms with E-state index in [4.69, 9.17) is 27.9 Å². The molecule has 0 N–H and O–H groups in total. The maximum absolute atomic E-state index is 11.9. The zero-order valence-corrected chi connectivity index (χ0v) is 21.8. The second kappa shape index (κ2) is 21.7. The maximum Gasteiger partial charge on any atom is 0.305 e. The highest BCUT2D eigenvalue weighted by molar-refractivity contribution is 7.86. The van der Waals surface area contributed by atoms with Crippen molar-refractivity contribution in [2.24, 2.45) is 0 Å². The minimum Gasteiger partial charge on any atom is -0.463 e. The Hall–Kier alpha value is -1.56. The number of carbonyl (C=O) groups excluding carboxylic acids is 1. The monoisotopic (exact) mass is 518 g/mol. The van der Waals surface area contributed by atoms with Gasteiger partial charge in [-0.3, -0.25) is 8.98 Å². The summed E-state index contributed by atoms with van der Waals surface area (Å²) in [5.41, 5.74) is 0. The molecule has 0 spiro atoms. The van der Waals surface area contributed by atoms with Gasteiger partial charge in [-0.25, -0.2) is 0 Å². The van der Waals surface area contributed by atoms with Crippen molar-refractivity contribution in [1.29, 1.82) is 0 Å². The molecule has 0 radical (unpaired) electrons. The first-order valence-corrected chi connectivity index (χ1v) is 13.9. The van der Waals surface area contributed by atoms with Crippen LogP contribution in [0.1, 0.15) is 51.9 Å². The van der Waals surface area contributed by atoms with Crippen LogP contribution in [-0.2, 0) is 42.8 Å². The third kappa shape index (κ3) is 18.4. The van der Waals surface area contributed by atoms with Crippen LogP contribution in [0.25, 0.3) is 0 Å². The second-order valence-electron chi connectivity index (χ2n) is 7.78. The van der Waals surface area contributed by atoms with Crippen LogP contribution in [0.3, 0.4) is 0 Å². The van der Waals surface area contributed by atoms with Gasteiger partial charge in [0.2, 0.25) is 0 Å². The molecule has 0 atom stereocenters. The molecule has 0 amide bonds. The van der Waals surface area contributed by atoms with Crippen LogP contribution in [0, 0.1) is 0 Å². The van der Waals surface area contributed by atoms with Gasteiger partial charge in [0.05, 0.1) is 64.4 Å². The van der Waals surface area contributed by atoms with E-state index < -0.39 is 10.1 Å². The third-order valence-electron chi connectivity index (χ3n) is 4.84. The summed E-state index contributed by atoms with van der Waals surface area (Å²) in [6, 6.07) is 7.97. The molecule has 1 aromatic rings. The minimum atomic E-state index is -3.75. The molecule has 0 saturated carbocycles. The summed E-state index contributed by atoms with van der Waals surface area (Å²) in [6.45, 7) is 5.29. The van der Waals surface area contributed by atoms with Crippen LogP contribution in [0.15, 0.2) is 35.2 Å². The Morgan fingerprint density at radius 1 is 0.657 bits per heavy atom. The van der Waals surface area contributed by atoms with Gasteiger partial charge in [0.25, 0.3) is 10.1 Å². The van der Waals surface area contributed by atoms with Crippen molar-refractivity contribution in [2.75, 3.05) is 66.1 Å². The Kier molecular flexibility index (Phi) is 19.5. The third-order valence-corrected chi connectivity index (χ3v) is 6.17. The first-order valence-electron chi connectivity index (χ1n) is 12.5. The Morgan fingerprint density at radius 2 is 1.14 bits per heavy atom. The molecule has 0 fully saturated rings. The average molecular weight is 519 g/mol. The van der Waals surface area contributed by atoms with Crippen molar-refractivity contribution < 1.29 is 41.1 Å². The van der Waals surface area contributed by atoms with Crippen LogP contribution in [-0.4, -0.2) is 80.5 Å². The van der Waals surface area contributed by atoms with Crippen molar-refractivity contribution >= 4 is 16.1 Å². The van der Waals surface area contributed by atoms with Gasteiger partial charge in [-0.05, 0) is 18.6 Å². The summed E-state index contributed by atoms with van der Waals surface area (Å²) >= 11 is 0. The number of ether oxygens (including phenoxy) is 5. The summed E-state index contributed by atoms with van der Waals surface area (Å²) in [4.78, 5) is 11.7. The summed E-state index contributed by atoms with van der Waals surface area (Å²) in [6.07, 6.45) is 7.35. The van der Waals surface area contributed by atoms with Crippen LogP contribution in [0.4, 0.5) is 0 Å². The van der Waals surface area contributed by atoms with E-state index in [-0.39, 0.29) is 30.7 Å². The first kappa shape index (κ1) is 31.5. The molecule has 0 bridgehead atoms. The van der Waals surface area contributed by atoms with Gasteiger partial charge < -0.3 is 23.7 Å². The fraction of sp³-hybridized carbons (Fsp3) is 0.720. The Bertz CT molecular complexity index is 726. The van der Waals surface area contributed by atoms with Gasteiger partial charge in [0.15, 0.2) is 0 Å². The van der Waals surface area contributed by atoms with E-state index in [0.29, 0.717) is 52.7 Å². The predicted octanol–water partition coefficient (Wildman–Crippen LogP) is 3.75. The second-order valence-corrected chi connectivity index (χ2v) is 9.39. The molecule has 0 aliphatic rings. The molecular formula is C25H42O9S. The van der Waals surface area contributed by atoms with E-state index in [2.05, 4.69) is 6.92 Å². The molecule has 0 unspecified atom stereocenters. The zero-order chi connectivity index (χ0) is 25.5. The van der Waals surface area contributed by atoms with E-state index in [0.717, 1.165) is 12.8 Å².